The third-order valence-corrected chi connectivity index (χ3v) is 5.40. The fraction of sp³-hybridized carbons (Fsp3) is 0.417. The molecule has 4 heteroatoms. The summed E-state index contributed by atoms with van der Waals surface area (Å²) in [7, 11) is 0. The van der Waals surface area contributed by atoms with Crippen molar-refractivity contribution in [1.29, 1.82) is 0 Å². The molecule has 28 heavy (non-hydrogen) atoms. The Balaban J connectivity index is 1.59. The summed E-state index contributed by atoms with van der Waals surface area (Å²) in [6, 6.07) is 15.0. The lowest BCUT2D eigenvalue weighted by Crippen LogP contribution is -2.46. The minimum absolute atomic E-state index is 0.151. The standard InChI is InChI=1S/C24H30N2O2/c1-16-12-20-10-11-23(26-14-17(2)27-18(3)15-26)28-24(20)22(13-16)19(4)25-21-8-6-5-7-9-21/h5-9,11-13,17-19,25H,10,14-15H2,1-4H3/t17-,18+,19-/m1/s1. The number of allylic oxidation sites excluding steroid dienone is 1. The Kier molecular flexibility index (Phi) is 5.31. The smallest absolute Gasteiger partial charge is 0.192 e. The van der Waals surface area contributed by atoms with E-state index in [1.807, 2.05) is 6.07 Å². The highest BCUT2D eigenvalue weighted by Gasteiger charge is 2.28. The summed E-state index contributed by atoms with van der Waals surface area (Å²) in [5.74, 6) is 1.97. The van der Waals surface area contributed by atoms with Crippen molar-refractivity contribution in [2.45, 2.75) is 52.4 Å². The van der Waals surface area contributed by atoms with Gasteiger partial charge in [0.2, 0.25) is 0 Å². The van der Waals surface area contributed by atoms with E-state index in [2.05, 4.69) is 80.4 Å². The van der Waals surface area contributed by atoms with E-state index in [1.165, 1.54) is 16.7 Å². The van der Waals surface area contributed by atoms with Crippen LogP contribution in [0.25, 0.3) is 0 Å². The highest BCUT2D eigenvalue weighted by Crippen LogP contribution is 2.37. The largest absolute Gasteiger partial charge is 0.441 e. The van der Waals surface area contributed by atoms with E-state index in [-0.39, 0.29) is 18.2 Å². The lowest BCUT2D eigenvalue weighted by molar-refractivity contribution is -0.0677. The van der Waals surface area contributed by atoms with E-state index in [0.717, 1.165) is 36.8 Å². The van der Waals surface area contributed by atoms with Gasteiger partial charge in [0.1, 0.15) is 5.75 Å². The van der Waals surface area contributed by atoms with E-state index in [1.54, 1.807) is 0 Å². The van der Waals surface area contributed by atoms with Gasteiger partial charge in [-0.3, -0.25) is 0 Å². The Bertz CT molecular complexity index is 852. The normalized spacial score (nSPS) is 22.7. The van der Waals surface area contributed by atoms with Crippen LogP contribution in [0.3, 0.4) is 0 Å². The Morgan fingerprint density at radius 1 is 1.07 bits per heavy atom. The van der Waals surface area contributed by atoms with Crippen LogP contribution in [0, 0.1) is 6.92 Å². The first-order valence-electron chi connectivity index (χ1n) is 10.2. The highest BCUT2D eigenvalue weighted by molar-refractivity contribution is 5.53. The van der Waals surface area contributed by atoms with E-state index < -0.39 is 0 Å². The average Bonchev–Trinajstić information content (AvgIpc) is 2.67. The number of aryl methyl sites for hydroxylation is 1. The number of nitrogens with zero attached hydrogens (tertiary/aromatic N) is 1. The molecule has 0 bridgehead atoms. The zero-order valence-corrected chi connectivity index (χ0v) is 17.2. The van der Waals surface area contributed by atoms with Gasteiger partial charge < -0.3 is 19.7 Å². The minimum Gasteiger partial charge on any atom is -0.441 e. The molecule has 2 aromatic rings. The number of para-hydroxylation sites is 1. The molecule has 0 saturated carbocycles. The summed E-state index contributed by atoms with van der Waals surface area (Å²) in [6.07, 6.45) is 3.54. The van der Waals surface area contributed by atoms with Crippen molar-refractivity contribution < 1.29 is 9.47 Å². The van der Waals surface area contributed by atoms with Crippen LogP contribution in [0.4, 0.5) is 5.69 Å². The molecule has 1 fully saturated rings. The van der Waals surface area contributed by atoms with Crippen LogP contribution < -0.4 is 10.1 Å². The van der Waals surface area contributed by atoms with E-state index in [9.17, 15) is 0 Å². The summed E-state index contributed by atoms with van der Waals surface area (Å²) in [4.78, 5) is 2.32. The second kappa shape index (κ2) is 7.88. The number of rotatable bonds is 4. The first-order valence-corrected chi connectivity index (χ1v) is 10.2. The van der Waals surface area contributed by atoms with Gasteiger partial charge >= 0.3 is 0 Å². The number of benzene rings is 2. The zero-order chi connectivity index (χ0) is 19.7. The van der Waals surface area contributed by atoms with Crippen molar-refractivity contribution in [2.24, 2.45) is 0 Å². The molecule has 2 heterocycles. The molecule has 2 aliphatic heterocycles. The SMILES string of the molecule is Cc1cc2c(c([C@@H](C)Nc3ccccc3)c1)OC(N1C[C@@H](C)O[C@@H](C)C1)=CC2. The second-order valence-electron chi connectivity index (χ2n) is 8.09. The molecule has 0 aliphatic carbocycles. The van der Waals surface area contributed by atoms with Gasteiger partial charge in [0.05, 0.1) is 18.2 Å². The fourth-order valence-electron chi connectivity index (χ4n) is 4.23. The van der Waals surface area contributed by atoms with Crippen molar-refractivity contribution >= 4 is 5.69 Å². The van der Waals surface area contributed by atoms with E-state index >= 15 is 0 Å². The predicted octanol–water partition coefficient (Wildman–Crippen LogP) is 5.05. The lowest BCUT2D eigenvalue weighted by atomic mass is 9.96. The molecular formula is C24H30N2O2. The van der Waals surface area contributed by atoms with Crippen LogP contribution >= 0.6 is 0 Å². The molecule has 0 unspecified atom stereocenters. The van der Waals surface area contributed by atoms with Gasteiger partial charge in [-0.25, -0.2) is 0 Å². The number of anilines is 1. The van der Waals surface area contributed by atoms with Crippen LogP contribution in [-0.2, 0) is 11.2 Å². The Hall–Kier alpha value is -2.46. The van der Waals surface area contributed by atoms with Gasteiger partial charge in [-0.2, -0.15) is 0 Å². The highest BCUT2D eigenvalue weighted by atomic mass is 16.5. The van der Waals surface area contributed by atoms with E-state index in [0.29, 0.717) is 0 Å². The molecule has 148 valence electrons. The van der Waals surface area contributed by atoms with Crippen LogP contribution in [0.2, 0.25) is 0 Å². The molecule has 0 spiro atoms. The van der Waals surface area contributed by atoms with Gasteiger partial charge in [0, 0.05) is 24.3 Å². The summed E-state index contributed by atoms with van der Waals surface area (Å²) < 4.78 is 12.4. The lowest BCUT2D eigenvalue weighted by Gasteiger charge is -2.39. The summed E-state index contributed by atoms with van der Waals surface area (Å²) in [5, 5.41) is 3.61. The first-order chi connectivity index (χ1) is 13.5. The van der Waals surface area contributed by atoms with Crippen molar-refractivity contribution in [3.63, 3.8) is 0 Å². The van der Waals surface area contributed by atoms with Crippen molar-refractivity contribution in [2.75, 3.05) is 18.4 Å². The maximum atomic E-state index is 6.50. The number of morpholine rings is 1. The molecule has 1 saturated heterocycles. The molecule has 0 amide bonds. The van der Waals surface area contributed by atoms with Crippen LogP contribution in [0.15, 0.2) is 54.4 Å². The van der Waals surface area contributed by atoms with Crippen LogP contribution in [-0.4, -0.2) is 30.2 Å². The maximum absolute atomic E-state index is 6.50. The Labute approximate surface area is 168 Å². The topological polar surface area (TPSA) is 33.7 Å². The van der Waals surface area contributed by atoms with Crippen molar-refractivity contribution in [3.8, 4) is 5.75 Å². The molecule has 0 aromatic heterocycles. The number of nitrogens with one attached hydrogen (secondary N) is 1. The average molecular weight is 379 g/mol. The summed E-state index contributed by atoms with van der Waals surface area (Å²) in [5.41, 5.74) is 4.85. The monoisotopic (exact) mass is 378 g/mol. The van der Waals surface area contributed by atoms with Gasteiger partial charge in [-0.1, -0.05) is 35.9 Å². The van der Waals surface area contributed by atoms with Crippen molar-refractivity contribution in [3.05, 3.63) is 71.1 Å². The molecule has 0 radical (unpaired) electrons. The quantitative estimate of drug-likeness (QED) is 0.807. The summed E-state index contributed by atoms with van der Waals surface area (Å²) in [6.45, 7) is 10.3. The number of ether oxygens (including phenoxy) is 2. The Morgan fingerprint density at radius 2 is 1.79 bits per heavy atom. The summed E-state index contributed by atoms with van der Waals surface area (Å²) >= 11 is 0. The third kappa shape index (κ3) is 4.02. The second-order valence-corrected chi connectivity index (χ2v) is 8.09. The molecule has 3 atom stereocenters. The Morgan fingerprint density at radius 3 is 2.50 bits per heavy atom. The molecule has 1 N–H and O–H groups in total. The third-order valence-electron chi connectivity index (χ3n) is 5.40. The van der Waals surface area contributed by atoms with Gasteiger partial charge in [-0.05, 0) is 57.9 Å². The fourth-order valence-corrected chi connectivity index (χ4v) is 4.23. The number of hydrogen-bond donors (Lipinski definition) is 1. The zero-order valence-electron chi connectivity index (χ0n) is 17.2. The van der Waals surface area contributed by atoms with Gasteiger partial charge in [-0.15, -0.1) is 0 Å². The van der Waals surface area contributed by atoms with Gasteiger partial charge in [0.25, 0.3) is 0 Å². The number of hydrogen-bond acceptors (Lipinski definition) is 4. The predicted molar refractivity (Wildman–Crippen MR) is 114 cm³/mol. The van der Waals surface area contributed by atoms with Crippen molar-refractivity contribution in [1.82, 2.24) is 4.90 Å². The molecular weight excluding hydrogens is 348 g/mol. The molecule has 2 aliphatic rings. The first kappa shape index (κ1) is 18.9. The minimum atomic E-state index is 0.151. The molecule has 2 aromatic carbocycles. The van der Waals surface area contributed by atoms with Gasteiger partial charge in [0.15, 0.2) is 5.88 Å². The van der Waals surface area contributed by atoms with E-state index in [4.69, 9.17) is 9.47 Å². The van der Waals surface area contributed by atoms with Crippen LogP contribution in [0.1, 0.15) is 43.5 Å². The molecule has 4 rings (SSSR count). The molecule has 4 nitrogen and oxygen atoms in total. The maximum Gasteiger partial charge on any atom is 0.192 e. The van der Waals surface area contributed by atoms with Crippen LogP contribution in [0.5, 0.6) is 5.75 Å². The number of fused-ring (bicyclic) bond motifs is 1.